The second kappa shape index (κ2) is 3.90. The summed E-state index contributed by atoms with van der Waals surface area (Å²) in [4.78, 5) is 4.18. The van der Waals surface area contributed by atoms with E-state index in [0.717, 1.165) is 11.3 Å². The molecular weight excluding hydrogens is 212 g/mol. The predicted octanol–water partition coefficient (Wildman–Crippen LogP) is 1.14. The standard InChI is InChI=1S/C10H14N2O2S/c1-2-6-15(13,14)12-7-9-4-3-5-11-10(9)8-12/h3-5H,2,6-8H2,1H3. The molecule has 0 unspecified atom stereocenters. The van der Waals surface area contributed by atoms with E-state index in [4.69, 9.17) is 0 Å². The van der Waals surface area contributed by atoms with Crippen LogP contribution < -0.4 is 0 Å². The topological polar surface area (TPSA) is 50.3 Å². The molecule has 0 N–H and O–H groups in total. The summed E-state index contributed by atoms with van der Waals surface area (Å²) in [5.74, 6) is 0.223. The van der Waals surface area contributed by atoms with Crippen LogP contribution in [-0.4, -0.2) is 23.5 Å². The largest absolute Gasteiger partial charge is 0.260 e. The first-order valence-electron chi connectivity index (χ1n) is 5.04. The Bertz CT molecular complexity index is 431. The molecule has 82 valence electrons. The number of pyridine rings is 1. The molecule has 0 fully saturated rings. The Morgan fingerprint density at radius 1 is 1.47 bits per heavy atom. The van der Waals surface area contributed by atoms with E-state index in [1.807, 2.05) is 19.1 Å². The zero-order valence-electron chi connectivity index (χ0n) is 8.68. The lowest BCUT2D eigenvalue weighted by atomic mass is 10.2. The molecule has 1 aromatic heterocycles. The second-order valence-electron chi connectivity index (χ2n) is 3.69. The van der Waals surface area contributed by atoms with Crippen molar-refractivity contribution in [3.8, 4) is 0 Å². The molecule has 15 heavy (non-hydrogen) atoms. The van der Waals surface area contributed by atoms with Crippen LogP contribution in [0.3, 0.4) is 0 Å². The maximum atomic E-state index is 11.8. The van der Waals surface area contributed by atoms with Gasteiger partial charge < -0.3 is 0 Å². The lowest BCUT2D eigenvalue weighted by molar-refractivity contribution is 0.429. The van der Waals surface area contributed by atoms with Crippen molar-refractivity contribution in [3.63, 3.8) is 0 Å². The molecule has 0 saturated heterocycles. The number of fused-ring (bicyclic) bond motifs is 1. The monoisotopic (exact) mass is 226 g/mol. The number of rotatable bonds is 3. The van der Waals surface area contributed by atoms with Crippen LogP contribution in [0, 0.1) is 0 Å². The Labute approximate surface area is 90.0 Å². The smallest absolute Gasteiger partial charge is 0.214 e. The molecule has 0 aliphatic carbocycles. The van der Waals surface area contributed by atoms with Gasteiger partial charge in [0.2, 0.25) is 10.0 Å². The minimum Gasteiger partial charge on any atom is -0.260 e. The summed E-state index contributed by atoms with van der Waals surface area (Å²) >= 11 is 0. The minimum absolute atomic E-state index is 0.223. The highest BCUT2D eigenvalue weighted by atomic mass is 32.2. The van der Waals surface area contributed by atoms with E-state index in [-0.39, 0.29) is 5.75 Å². The fourth-order valence-corrected chi connectivity index (χ4v) is 3.18. The molecule has 0 spiro atoms. The minimum atomic E-state index is -3.08. The zero-order valence-corrected chi connectivity index (χ0v) is 9.50. The van der Waals surface area contributed by atoms with Crippen LogP contribution in [0.15, 0.2) is 18.3 Å². The molecular formula is C10H14N2O2S. The highest BCUT2D eigenvalue weighted by Crippen LogP contribution is 2.23. The zero-order chi connectivity index (χ0) is 10.9. The third kappa shape index (κ3) is 2.03. The van der Waals surface area contributed by atoms with Gasteiger partial charge in [-0.3, -0.25) is 4.98 Å². The van der Waals surface area contributed by atoms with Gasteiger partial charge >= 0.3 is 0 Å². The van der Waals surface area contributed by atoms with Crippen molar-refractivity contribution < 1.29 is 8.42 Å². The van der Waals surface area contributed by atoms with Crippen LogP contribution in [0.25, 0.3) is 0 Å². The first-order valence-corrected chi connectivity index (χ1v) is 6.65. The Morgan fingerprint density at radius 3 is 2.93 bits per heavy atom. The molecule has 0 aromatic carbocycles. The van der Waals surface area contributed by atoms with E-state index in [0.29, 0.717) is 19.5 Å². The van der Waals surface area contributed by atoms with Gasteiger partial charge in [0.15, 0.2) is 0 Å². The van der Waals surface area contributed by atoms with Crippen LogP contribution in [0.4, 0.5) is 0 Å². The van der Waals surface area contributed by atoms with Gasteiger partial charge in [-0.2, -0.15) is 4.31 Å². The summed E-state index contributed by atoms with van der Waals surface area (Å²) in [6, 6.07) is 3.78. The highest BCUT2D eigenvalue weighted by Gasteiger charge is 2.28. The van der Waals surface area contributed by atoms with Crippen molar-refractivity contribution in [1.29, 1.82) is 0 Å². The average molecular weight is 226 g/mol. The SMILES string of the molecule is CCCS(=O)(=O)N1Cc2cccnc2C1. The summed E-state index contributed by atoms with van der Waals surface area (Å²) < 4.78 is 25.1. The molecule has 0 saturated carbocycles. The van der Waals surface area contributed by atoms with Gasteiger partial charge in [-0.05, 0) is 18.1 Å². The van der Waals surface area contributed by atoms with E-state index in [9.17, 15) is 8.42 Å². The molecule has 1 aliphatic heterocycles. The summed E-state index contributed by atoms with van der Waals surface area (Å²) in [5, 5.41) is 0. The lowest BCUT2D eigenvalue weighted by Gasteiger charge is -2.14. The van der Waals surface area contributed by atoms with Crippen molar-refractivity contribution in [1.82, 2.24) is 9.29 Å². The Hall–Kier alpha value is -0.940. The predicted molar refractivity (Wildman–Crippen MR) is 57.6 cm³/mol. The third-order valence-corrected chi connectivity index (χ3v) is 4.48. The molecule has 1 aliphatic rings. The van der Waals surface area contributed by atoms with Gasteiger partial charge in [0.1, 0.15) is 0 Å². The van der Waals surface area contributed by atoms with Gasteiger partial charge in [-0.25, -0.2) is 8.42 Å². The van der Waals surface area contributed by atoms with Gasteiger partial charge in [-0.1, -0.05) is 13.0 Å². The highest BCUT2D eigenvalue weighted by molar-refractivity contribution is 7.89. The quantitative estimate of drug-likeness (QED) is 0.776. The van der Waals surface area contributed by atoms with Crippen LogP contribution in [0.2, 0.25) is 0 Å². The van der Waals surface area contributed by atoms with Gasteiger partial charge in [-0.15, -0.1) is 0 Å². The number of sulfonamides is 1. The third-order valence-electron chi connectivity index (χ3n) is 2.51. The van der Waals surface area contributed by atoms with E-state index in [1.54, 1.807) is 6.20 Å². The summed E-state index contributed by atoms with van der Waals surface area (Å²) in [6.45, 7) is 2.78. The number of hydrogen-bond acceptors (Lipinski definition) is 3. The fourth-order valence-electron chi connectivity index (χ4n) is 1.75. The molecule has 0 atom stereocenters. The Balaban J connectivity index is 2.20. The van der Waals surface area contributed by atoms with Gasteiger partial charge in [0.25, 0.3) is 0 Å². The second-order valence-corrected chi connectivity index (χ2v) is 5.78. The van der Waals surface area contributed by atoms with Crippen LogP contribution in [0.5, 0.6) is 0 Å². The van der Waals surface area contributed by atoms with Crippen molar-refractivity contribution in [2.24, 2.45) is 0 Å². The van der Waals surface area contributed by atoms with E-state index in [2.05, 4.69) is 4.98 Å². The summed E-state index contributed by atoms with van der Waals surface area (Å²) in [5.41, 5.74) is 1.91. The molecule has 0 amide bonds. The van der Waals surface area contributed by atoms with Crippen molar-refractivity contribution in [3.05, 3.63) is 29.6 Å². The lowest BCUT2D eigenvalue weighted by Crippen LogP contribution is -2.27. The van der Waals surface area contributed by atoms with E-state index >= 15 is 0 Å². The fraction of sp³-hybridized carbons (Fsp3) is 0.500. The normalized spacial score (nSPS) is 16.6. The molecule has 0 radical (unpaired) electrons. The van der Waals surface area contributed by atoms with Crippen molar-refractivity contribution >= 4 is 10.0 Å². The Kier molecular flexibility index (Phi) is 2.75. The number of hydrogen-bond donors (Lipinski definition) is 0. The molecule has 2 heterocycles. The molecule has 5 heteroatoms. The van der Waals surface area contributed by atoms with Gasteiger partial charge in [0.05, 0.1) is 18.0 Å². The van der Waals surface area contributed by atoms with E-state index < -0.39 is 10.0 Å². The van der Waals surface area contributed by atoms with Crippen LogP contribution in [-0.2, 0) is 23.1 Å². The van der Waals surface area contributed by atoms with Crippen LogP contribution >= 0.6 is 0 Å². The maximum Gasteiger partial charge on any atom is 0.214 e. The molecule has 2 rings (SSSR count). The first-order chi connectivity index (χ1) is 7.13. The molecule has 1 aromatic rings. The van der Waals surface area contributed by atoms with Crippen molar-refractivity contribution in [2.45, 2.75) is 26.4 Å². The van der Waals surface area contributed by atoms with Crippen LogP contribution in [0.1, 0.15) is 24.6 Å². The van der Waals surface area contributed by atoms with E-state index in [1.165, 1.54) is 4.31 Å². The molecule has 4 nitrogen and oxygen atoms in total. The first kappa shape index (κ1) is 10.6. The maximum absolute atomic E-state index is 11.8. The number of aromatic nitrogens is 1. The summed E-state index contributed by atoms with van der Waals surface area (Å²) in [7, 11) is -3.08. The average Bonchev–Trinajstić information content (AvgIpc) is 2.61. The Morgan fingerprint density at radius 2 is 2.27 bits per heavy atom. The summed E-state index contributed by atoms with van der Waals surface area (Å²) in [6.07, 6.45) is 2.36. The van der Waals surface area contributed by atoms with Gasteiger partial charge in [0, 0.05) is 12.7 Å². The number of nitrogens with zero attached hydrogens (tertiary/aromatic N) is 2. The van der Waals surface area contributed by atoms with Crippen molar-refractivity contribution in [2.75, 3.05) is 5.75 Å². The molecule has 0 bridgehead atoms.